The van der Waals surface area contributed by atoms with Gasteiger partial charge in [-0.3, -0.25) is 23.7 Å². The number of nitrogens with zero attached hydrogens (tertiary/aromatic N) is 2. The summed E-state index contributed by atoms with van der Waals surface area (Å²) < 4.78 is 1.45. The van der Waals surface area contributed by atoms with E-state index in [0.29, 0.717) is 16.4 Å². The summed E-state index contributed by atoms with van der Waals surface area (Å²) in [5.74, 6) is -1.98. The number of thiazole rings is 1. The molecule has 2 aliphatic rings. The van der Waals surface area contributed by atoms with E-state index in [9.17, 15) is 19.2 Å². The van der Waals surface area contributed by atoms with Gasteiger partial charge in [-0.2, -0.15) is 0 Å². The van der Waals surface area contributed by atoms with Gasteiger partial charge in [0.05, 0.1) is 16.6 Å². The zero-order valence-electron chi connectivity index (χ0n) is 21.8. The first-order valence-electron chi connectivity index (χ1n) is 13.1. The van der Waals surface area contributed by atoms with Crippen LogP contribution in [0.1, 0.15) is 21.2 Å². The van der Waals surface area contributed by atoms with Crippen molar-refractivity contribution in [3.8, 4) is 0 Å². The van der Waals surface area contributed by atoms with E-state index < -0.39 is 17.1 Å². The summed E-state index contributed by atoms with van der Waals surface area (Å²) in [6.45, 7) is 1.76. The molecule has 1 fully saturated rings. The lowest BCUT2D eigenvalue weighted by molar-refractivity contribution is -0.122. The molecule has 3 amide bonds. The highest BCUT2D eigenvalue weighted by Crippen LogP contribution is 2.54. The van der Waals surface area contributed by atoms with Crippen LogP contribution in [0.4, 0.5) is 11.4 Å². The number of imide groups is 1. The summed E-state index contributed by atoms with van der Waals surface area (Å²) in [6, 6.07) is 24.6. The maximum atomic E-state index is 13.9. The van der Waals surface area contributed by atoms with Gasteiger partial charge in [-0.15, -0.1) is 11.3 Å². The Balaban J connectivity index is 1.25. The summed E-state index contributed by atoms with van der Waals surface area (Å²) in [5, 5.41) is 6.68. The van der Waals surface area contributed by atoms with Crippen LogP contribution in [-0.2, 0) is 20.9 Å². The number of benzene rings is 3. The number of carbonyl (C=O) groups is 3. The second-order valence-electron chi connectivity index (χ2n) is 10.1. The quantitative estimate of drug-likeness (QED) is 0.256. The highest BCUT2D eigenvalue weighted by Gasteiger charge is 2.57. The van der Waals surface area contributed by atoms with E-state index in [2.05, 4.69) is 5.32 Å². The molecule has 204 valence electrons. The fraction of sp³-hybridized carbons (Fsp3) is 0.161. The number of fused-ring (bicyclic) bond motifs is 3. The molecule has 3 atom stereocenters. The number of nitrogens with one attached hydrogen (secondary N) is 1. The van der Waals surface area contributed by atoms with Crippen LogP contribution >= 0.6 is 34.4 Å². The second kappa shape index (κ2) is 10.1. The first-order valence-corrected chi connectivity index (χ1v) is 15.6. The molecule has 4 heterocycles. The van der Waals surface area contributed by atoms with Gasteiger partial charge in [0.1, 0.15) is 11.8 Å². The number of carbonyl (C=O) groups excluding carboxylic acids is 3. The molecule has 2 aromatic heterocycles. The van der Waals surface area contributed by atoms with Gasteiger partial charge in [0.2, 0.25) is 17.7 Å². The van der Waals surface area contributed by atoms with Crippen LogP contribution in [0.3, 0.4) is 0 Å². The molecule has 2 aliphatic heterocycles. The summed E-state index contributed by atoms with van der Waals surface area (Å²) in [6.07, 6.45) is 0. The molecule has 41 heavy (non-hydrogen) atoms. The molecule has 5 aromatic rings. The van der Waals surface area contributed by atoms with Gasteiger partial charge < -0.3 is 5.32 Å². The summed E-state index contributed by atoms with van der Waals surface area (Å²) in [4.78, 5) is 56.9. The Kier molecular flexibility index (Phi) is 6.41. The van der Waals surface area contributed by atoms with Crippen molar-refractivity contribution in [1.29, 1.82) is 0 Å². The third-order valence-corrected chi connectivity index (χ3v) is 11.1. The Labute approximate surface area is 247 Å². The van der Waals surface area contributed by atoms with Gasteiger partial charge in [-0.05, 0) is 42.0 Å². The van der Waals surface area contributed by atoms with Crippen molar-refractivity contribution < 1.29 is 14.4 Å². The van der Waals surface area contributed by atoms with Crippen LogP contribution in [0.15, 0.2) is 94.1 Å². The predicted octanol–water partition coefficient (Wildman–Crippen LogP) is 5.87. The summed E-state index contributed by atoms with van der Waals surface area (Å²) in [5.41, 5.74) is 2.24. The van der Waals surface area contributed by atoms with Crippen molar-refractivity contribution in [2.45, 2.75) is 29.7 Å². The molecule has 7 rings (SSSR count). The summed E-state index contributed by atoms with van der Waals surface area (Å²) >= 11 is 3.78. The molecule has 0 unspecified atom stereocenters. The third kappa shape index (κ3) is 4.34. The molecule has 1 N–H and O–H groups in total. The van der Waals surface area contributed by atoms with Crippen LogP contribution in [0.5, 0.6) is 0 Å². The topological polar surface area (TPSA) is 88.5 Å². The molecular weight excluding hydrogens is 575 g/mol. The van der Waals surface area contributed by atoms with Gasteiger partial charge in [0.15, 0.2) is 0 Å². The minimum Gasteiger partial charge on any atom is -0.324 e. The van der Waals surface area contributed by atoms with Crippen molar-refractivity contribution >= 4 is 74.3 Å². The smallest absolute Gasteiger partial charge is 0.308 e. The fourth-order valence-corrected chi connectivity index (χ4v) is 9.37. The maximum Gasteiger partial charge on any atom is 0.308 e. The van der Waals surface area contributed by atoms with Crippen molar-refractivity contribution in [1.82, 2.24) is 4.57 Å². The van der Waals surface area contributed by atoms with Crippen molar-refractivity contribution in [2.24, 2.45) is 5.92 Å². The zero-order chi connectivity index (χ0) is 28.2. The Morgan fingerprint density at radius 1 is 0.902 bits per heavy atom. The lowest BCUT2D eigenvalue weighted by atomic mass is 9.87. The standard InChI is InChI=1S/C31H23N3O4S3/c1-17-11-13-19(14-12-17)34-28(36)25-24(22-10-5-15-39-22)27-30(40-26(25)29(34)37)33(31(38)41-27)16-23(35)32-21-9-4-7-18-6-2-3-8-20(18)21/h2-15,24-26H,16H2,1H3,(H,32,35)/t24-,25-,26+/m0/s1. The maximum absolute atomic E-state index is 13.9. The van der Waals surface area contributed by atoms with E-state index >= 15 is 0 Å². The van der Waals surface area contributed by atoms with E-state index in [4.69, 9.17) is 0 Å². The van der Waals surface area contributed by atoms with Gasteiger partial charge in [-0.1, -0.05) is 83.3 Å². The highest BCUT2D eigenvalue weighted by molar-refractivity contribution is 8.00. The first-order chi connectivity index (χ1) is 19.9. The third-order valence-electron chi connectivity index (χ3n) is 7.56. The van der Waals surface area contributed by atoms with Crippen molar-refractivity contribution in [3.63, 3.8) is 0 Å². The largest absolute Gasteiger partial charge is 0.324 e. The fourth-order valence-electron chi connectivity index (χ4n) is 5.65. The zero-order valence-corrected chi connectivity index (χ0v) is 24.2. The number of hydrogen-bond donors (Lipinski definition) is 1. The van der Waals surface area contributed by atoms with Gasteiger partial charge in [0.25, 0.3) is 0 Å². The van der Waals surface area contributed by atoms with E-state index in [1.165, 1.54) is 32.6 Å². The number of amides is 3. The second-order valence-corrected chi connectivity index (χ2v) is 13.2. The highest BCUT2D eigenvalue weighted by atomic mass is 32.2. The first kappa shape index (κ1) is 25.9. The number of anilines is 2. The van der Waals surface area contributed by atoms with Crippen molar-refractivity contribution in [2.75, 3.05) is 10.2 Å². The van der Waals surface area contributed by atoms with Gasteiger partial charge in [0, 0.05) is 26.7 Å². The Hall–Kier alpha value is -3.99. The normalized spacial score (nSPS) is 19.8. The molecular formula is C31H23N3O4S3. The minimum absolute atomic E-state index is 0.195. The molecule has 3 aromatic carbocycles. The minimum atomic E-state index is -0.704. The van der Waals surface area contributed by atoms with Crippen LogP contribution in [0, 0.1) is 12.8 Å². The molecule has 10 heteroatoms. The number of thioether (sulfide) groups is 1. The SMILES string of the molecule is Cc1ccc(N2C(=O)[C@H]3[C@H](c4cccs4)c4sc(=O)n(CC(=O)Nc5cccc6ccccc56)c4S[C@H]3C2=O)cc1. The van der Waals surface area contributed by atoms with Crippen LogP contribution in [0.25, 0.3) is 10.8 Å². The average molecular weight is 598 g/mol. The number of hydrogen-bond acceptors (Lipinski definition) is 7. The Bertz CT molecular complexity index is 1890. The lowest BCUT2D eigenvalue weighted by Crippen LogP contribution is -2.32. The summed E-state index contributed by atoms with van der Waals surface area (Å²) in [7, 11) is 0. The number of aryl methyl sites for hydroxylation is 1. The van der Waals surface area contributed by atoms with E-state index in [0.717, 1.165) is 37.4 Å². The van der Waals surface area contributed by atoms with Gasteiger partial charge in [-0.25, -0.2) is 4.90 Å². The van der Waals surface area contributed by atoms with E-state index in [-0.39, 0.29) is 29.1 Å². The monoisotopic (exact) mass is 597 g/mol. The number of rotatable bonds is 5. The molecule has 0 saturated carbocycles. The number of thiophene rings is 1. The molecule has 7 nitrogen and oxygen atoms in total. The Morgan fingerprint density at radius 2 is 1.68 bits per heavy atom. The van der Waals surface area contributed by atoms with Crippen LogP contribution in [-0.4, -0.2) is 27.5 Å². The van der Waals surface area contributed by atoms with Crippen LogP contribution in [0.2, 0.25) is 0 Å². The number of aromatic nitrogens is 1. The molecule has 0 bridgehead atoms. The van der Waals surface area contributed by atoms with Crippen molar-refractivity contribution in [3.05, 3.63) is 109 Å². The lowest BCUT2D eigenvalue weighted by Gasteiger charge is -2.29. The van der Waals surface area contributed by atoms with E-state index in [1.54, 1.807) is 12.1 Å². The average Bonchev–Trinajstić information content (AvgIpc) is 3.67. The van der Waals surface area contributed by atoms with Crippen LogP contribution < -0.4 is 15.1 Å². The predicted molar refractivity (Wildman–Crippen MR) is 164 cm³/mol. The molecule has 0 spiro atoms. The molecule has 0 radical (unpaired) electrons. The van der Waals surface area contributed by atoms with E-state index in [1.807, 2.05) is 79.0 Å². The Morgan fingerprint density at radius 3 is 2.46 bits per heavy atom. The molecule has 1 saturated heterocycles. The van der Waals surface area contributed by atoms with Gasteiger partial charge >= 0.3 is 4.87 Å². The molecule has 0 aliphatic carbocycles.